The van der Waals surface area contributed by atoms with Gasteiger partial charge in [0.2, 0.25) is 0 Å². The molecule has 0 aromatic heterocycles. The monoisotopic (exact) mass is 262 g/mol. The predicted octanol–water partition coefficient (Wildman–Crippen LogP) is 2.26. The van der Waals surface area contributed by atoms with Crippen molar-refractivity contribution in [3.63, 3.8) is 0 Å². The highest BCUT2D eigenvalue weighted by molar-refractivity contribution is 5.76. The van der Waals surface area contributed by atoms with Crippen molar-refractivity contribution in [3.05, 3.63) is 23.8 Å². The Kier molecular flexibility index (Phi) is 4.38. The normalized spacial score (nSPS) is 10.7. The minimum atomic E-state index is -0.943. The van der Waals surface area contributed by atoms with Gasteiger partial charge in [0.05, 0.1) is 18.4 Å². The lowest BCUT2D eigenvalue weighted by Crippen LogP contribution is -2.45. The van der Waals surface area contributed by atoms with Gasteiger partial charge in [-0.2, -0.15) is 5.26 Å². The number of hydrogen-bond acceptors (Lipinski definition) is 4. The minimum Gasteiger partial charge on any atom is -0.497 e. The van der Waals surface area contributed by atoms with Gasteiger partial charge in [-0.05, 0) is 32.9 Å². The number of carboxylic acid groups (broad SMARTS) is 1. The fourth-order valence-electron chi connectivity index (χ4n) is 1.78. The fourth-order valence-corrected chi connectivity index (χ4v) is 1.78. The van der Waals surface area contributed by atoms with E-state index in [0.29, 0.717) is 17.0 Å². The molecule has 0 bridgehead atoms. The van der Waals surface area contributed by atoms with Crippen molar-refractivity contribution < 1.29 is 14.6 Å². The van der Waals surface area contributed by atoms with Crippen LogP contribution < -0.4 is 9.64 Å². The average molecular weight is 262 g/mol. The fraction of sp³-hybridized carbons (Fsp3) is 0.429. The number of nitriles is 1. The first-order valence-electron chi connectivity index (χ1n) is 5.87. The maximum absolute atomic E-state index is 11.0. The number of anilines is 1. The summed E-state index contributed by atoms with van der Waals surface area (Å²) >= 11 is 0. The molecule has 0 amide bonds. The van der Waals surface area contributed by atoms with Crippen LogP contribution in [0.25, 0.3) is 0 Å². The third kappa shape index (κ3) is 3.62. The summed E-state index contributed by atoms with van der Waals surface area (Å²) < 4.78 is 5.14. The number of benzene rings is 1. The Hall–Kier alpha value is -2.22. The first-order valence-corrected chi connectivity index (χ1v) is 5.87. The average Bonchev–Trinajstić information content (AvgIpc) is 2.33. The second-order valence-electron chi connectivity index (χ2n) is 5.15. The largest absolute Gasteiger partial charge is 0.497 e. The summed E-state index contributed by atoms with van der Waals surface area (Å²) in [5.74, 6) is -0.352. The molecule has 5 nitrogen and oxygen atoms in total. The van der Waals surface area contributed by atoms with E-state index in [1.807, 2.05) is 20.8 Å². The molecule has 0 atom stereocenters. The highest BCUT2D eigenvalue weighted by Crippen LogP contribution is 2.30. The van der Waals surface area contributed by atoms with E-state index in [9.17, 15) is 4.79 Å². The van der Waals surface area contributed by atoms with Crippen LogP contribution in [0, 0.1) is 11.3 Å². The Morgan fingerprint density at radius 3 is 2.53 bits per heavy atom. The number of nitrogens with zero attached hydrogens (tertiary/aromatic N) is 2. The lowest BCUT2D eigenvalue weighted by atomic mass is 10.0. The molecule has 1 aromatic rings. The van der Waals surface area contributed by atoms with E-state index in [1.165, 1.54) is 7.11 Å². The number of aliphatic carboxylic acids is 1. The number of carbonyl (C=O) groups is 1. The lowest BCUT2D eigenvalue weighted by molar-refractivity contribution is -0.135. The number of rotatable bonds is 4. The van der Waals surface area contributed by atoms with Gasteiger partial charge in [-0.1, -0.05) is 0 Å². The quantitative estimate of drug-likeness (QED) is 0.900. The Morgan fingerprint density at radius 2 is 2.11 bits per heavy atom. The molecule has 5 heteroatoms. The summed E-state index contributed by atoms with van der Waals surface area (Å²) in [4.78, 5) is 12.7. The molecule has 19 heavy (non-hydrogen) atoms. The van der Waals surface area contributed by atoms with E-state index >= 15 is 0 Å². The van der Waals surface area contributed by atoms with Crippen molar-refractivity contribution in [2.45, 2.75) is 26.3 Å². The number of hydrogen-bond donors (Lipinski definition) is 1. The Balaban J connectivity index is 3.36. The van der Waals surface area contributed by atoms with Gasteiger partial charge in [-0.25, -0.2) is 0 Å². The first-order chi connectivity index (χ1) is 8.79. The van der Waals surface area contributed by atoms with Crippen LogP contribution >= 0.6 is 0 Å². The molecule has 0 saturated carbocycles. The van der Waals surface area contributed by atoms with E-state index < -0.39 is 11.5 Å². The molecular formula is C14H18N2O3. The van der Waals surface area contributed by atoms with E-state index in [4.69, 9.17) is 15.1 Å². The van der Waals surface area contributed by atoms with Gasteiger partial charge in [-0.15, -0.1) is 0 Å². The molecule has 1 N–H and O–H groups in total. The van der Waals surface area contributed by atoms with Crippen LogP contribution in [0.15, 0.2) is 18.2 Å². The smallest absolute Gasteiger partial charge is 0.323 e. The molecule has 0 heterocycles. The molecule has 0 aliphatic rings. The zero-order valence-electron chi connectivity index (χ0n) is 11.6. The molecule has 0 saturated heterocycles. The van der Waals surface area contributed by atoms with Crippen LogP contribution in [0.2, 0.25) is 0 Å². The predicted molar refractivity (Wildman–Crippen MR) is 72.4 cm³/mol. The summed E-state index contributed by atoms with van der Waals surface area (Å²) in [6, 6.07) is 7.09. The highest BCUT2D eigenvalue weighted by Gasteiger charge is 2.26. The van der Waals surface area contributed by atoms with Crippen LogP contribution in [0.1, 0.15) is 26.3 Å². The molecule has 1 aromatic carbocycles. The molecule has 1 rings (SSSR count). The SMILES string of the molecule is COc1ccc(C#N)c(N(CC(=O)O)C(C)(C)C)c1. The zero-order chi connectivity index (χ0) is 14.6. The van der Waals surface area contributed by atoms with E-state index in [-0.39, 0.29) is 6.54 Å². The van der Waals surface area contributed by atoms with E-state index in [2.05, 4.69) is 6.07 Å². The second-order valence-corrected chi connectivity index (χ2v) is 5.15. The molecule has 0 aliphatic carbocycles. The topological polar surface area (TPSA) is 73.6 Å². The minimum absolute atomic E-state index is 0.175. The van der Waals surface area contributed by atoms with Crippen molar-refractivity contribution >= 4 is 11.7 Å². The molecule has 102 valence electrons. The van der Waals surface area contributed by atoms with Gasteiger partial charge in [0.1, 0.15) is 18.4 Å². The van der Waals surface area contributed by atoms with Crippen molar-refractivity contribution in [1.82, 2.24) is 0 Å². The molecule has 0 aliphatic heterocycles. The van der Waals surface area contributed by atoms with Gasteiger partial charge in [0.15, 0.2) is 0 Å². The van der Waals surface area contributed by atoms with Crippen LogP contribution in [0.4, 0.5) is 5.69 Å². The van der Waals surface area contributed by atoms with Gasteiger partial charge < -0.3 is 14.7 Å². The molecule has 0 unspecified atom stereocenters. The van der Waals surface area contributed by atoms with E-state index in [0.717, 1.165) is 0 Å². The molecule has 0 radical (unpaired) electrons. The van der Waals surface area contributed by atoms with Gasteiger partial charge in [0.25, 0.3) is 0 Å². The summed E-state index contributed by atoms with van der Waals surface area (Å²) in [6.07, 6.45) is 0. The van der Waals surface area contributed by atoms with Crippen LogP contribution in [-0.4, -0.2) is 30.3 Å². The standard InChI is InChI=1S/C14H18N2O3/c1-14(2,3)16(9-13(17)18)12-7-11(19-4)6-5-10(12)8-15/h5-7H,9H2,1-4H3,(H,17,18). The summed E-state index contributed by atoms with van der Waals surface area (Å²) in [7, 11) is 1.53. The van der Waals surface area contributed by atoms with Crippen molar-refractivity contribution in [2.24, 2.45) is 0 Å². The van der Waals surface area contributed by atoms with Gasteiger partial charge >= 0.3 is 5.97 Å². The maximum atomic E-state index is 11.0. The second kappa shape index (κ2) is 5.61. The third-order valence-electron chi connectivity index (χ3n) is 2.72. The van der Waals surface area contributed by atoms with Crippen molar-refractivity contribution in [1.29, 1.82) is 5.26 Å². The number of carboxylic acids is 1. The molecule has 0 spiro atoms. The Labute approximate surface area is 113 Å². The van der Waals surface area contributed by atoms with Crippen LogP contribution in [0.5, 0.6) is 5.75 Å². The molecule has 0 fully saturated rings. The van der Waals surface area contributed by atoms with Gasteiger partial charge in [0, 0.05) is 11.6 Å². The summed E-state index contributed by atoms with van der Waals surface area (Å²) in [5.41, 5.74) is 0.574. The number of ether oxygens (including phenoxy) is 1. The zero-order valence-corrected chi connectivity index (χ0v) is 11.6. The lowest BCUT2D eigenvalue weighted by Gasteiger charge is -2.37. The first kappa shape index (κ1) is 14.8. The Morgan fingerprint density at radius 1 is 1.47 bits per heavy atom. The number of methoxy groups -OCH3 is 1. The van der Waals surface area contributed by atoms with Crippen LogP contribution in [0.3, 0.4) is 0 Å². The van der Waals surface area contributed by atoms with E-state index in [1.54, 1.807) is 23.1 Å². The third-order valence-corrected chi connectivity index (χ3v) is 2.72. The maximum Gasteiger partial charge on any atom is 0.323 e. The molecular weight excluding hydrogens is 244 g/mol. The van der Waals surface area contributed by atoms with Gasteiger partial charge in [-0.3, -0.25) is 4.79 Å². The summed E-state index contributed by atoms with van der Waals surface area (Å²) in [6.45, 7) is 5.52. The Bertz CT molecular complexity index is 512. The summed E-state index contributed by atoms with van der Waals surface area (Å²) in [5, 5.41) is 18.2. The van der Waals surface area contributed by atoms with Crippen molar-refractivity contribution in [3.8, 4) is 11.8 Å². The van der Waals surface area contributed by atoms with Crippen molar-refractivity contribution in [2.75, 3.05) is 18.6 Å². The van der Waals surface area contributed by atoms with Crippen LogP contribution in [-0.2, 0) is 4.79 Å². The highest BCUT2D eigenvalue weighted by atomic mass is 16.5.